The maximum Gasteiger partial charge on any atom is 0.125 e. The Morgan fingerprint density at radius 1 is 1.15 bits per heavy atom. The van der Waals surface area contributed by atoms with E-state index >= 15 is 0 Å². The molecule has 102 valence electrons. The van der Waals surface area contributed by atoms with Crippen LogP contribution in [0.5, 0.6) is 0 Å². The van der Waals surface area contributed by atoms with Crippen LogP contribution in [-0.4, -0.2) is 11.5 Å². The van der Waals surface area contributed by atoms with Gasteiger partial charge < -0.3 is 10.7 Å². The van der Waals surface area contributed by atoms with Crippen LogP contribution in [0.3, 0.4) is 0 Å². The van der Waals surface area contributed by atoms with Gasteiger partial charge in [-0.3, -0.25) is 0 Å². The molecule has 0 bridgehead atoms. The van der Waals surface area contributed by atoms with Gasteiger partial charge in [0, 0.05) is 29.1 Å². The quantitative estimate of drug-likeness (QED) is 0.747. The number of halogens is 1. The lowest BCUT2D eigenvalue weighted by Gasteiger charge is -2.16. The predicted octanol–water partition coefficient (Wildman–Crippen LogP) is 3.71. The van der Waals surface area contributed by atoms with Gasteiger partial charge in [-0.25, -0.2) is 4.39 Å². The summed E-state index contributed by atoms with van der Waals surface area (Å²) in [5.41, 5.74) is 10.2. The Bertz CT molecular complexity index is 731. The minimum absolute atomic E-state index is 0.121. The molecule has 0 spiro atoms. The first-order valence-corrected chi connectivity index (χ1v) is 6.73. The zero-order valence-electron chi connectivity index (χ0n) is 11.4. The number of aromatic amines is 1. The first-order valence-electron chi connectivity index (χ1n) is 6.73. The number of H-pyrrole nitrogens is 1. The van der Waals surface area contributed by atoms with Gasteiger partial charge in [0.1, 0.15) is 5.82 Å². The molecule has 3 N–H and O–H groups in total. The molecule has 0 radical (unpaired) electrons. The molecule has 0 fully saturated rings. The lowest BCUT2D eigenvalue weighted by Crippen LogP contribution is -2.14. The van der Waals surface area contributed by atoms with E-state index in [1.165, 1.54) is 17.7 Å². The average Bonchev–Trinajstić information content (AvgIpc) is 2.77. The molecule has 1 heterocycles. The largest absolute Gasteiger partial charge is 0.358 e. The fourth-order valence-corrected chi connectivity index (χ4v) is 2.88. The highest BCUT2D eigenvalue weighted by molar-refractivity contribution is 5.85. The number of nitrogens with one attached hydrogen (secondary N) is 1. The summed E-state index contributed by atoms with van der Waals surface area (Å²) in [5, 5.41) is 1.04. The second-order valence-electron chi connectivity index (χ2n) is 5.05. The summed E-state index contributed by atoms with van der Waals surface area (Å²) < 4.78 is 13.3. The van der Waals surface area contributed by atoms with Crippen molar-refractivity contribution in [3.8, 4) is 0 Å². The van der Waals surface area contributed by atoms with Gasteiger partial charge >= 0.3 is 0 Å². The Morgan fingerprint density at radius 3 is 2.60 bits per heavy atom. The Kier molecular flexibility index (Phi) is 3.28. The van der Waals surface area contributed by atoms with E-state index in [0.717, 1.165) is 22.2 Å². The standard InChI is InChI=1S/C17H17FN2/c1-11-17(14-8-7-13(18)9-16(14)20-11)15(10-19)12-5-3-2-4-6-12/h2-9,15,20H,10,19H2,1H3. The molecule has 0 saturated heterocycles. The molecule has 2 nitrogen and oxygen atoms in total. The number of nitrogens with two attached hydrogens (primary N) is 1. The van der Waals surface area contributed by atoms with Crippen molar-refractivity contribution in [1.82, 2.24) is 4.98 Å². The molecule has 0 aliphatic carbocycles. The van der Waals surface area contributed by atoms with Crippen molar-refractivity contribution in [3.63, 3.8) is 0 Å². The van der Waals surface area contributed by atoms with E-state index in [-0.39, 0.29) is 11.7 Å². The number of fused-ring (bicyclic) bond motifs is 1. The van der Waals surface area contributed by atoms with E-state index in [1.54, 1.807) is 0 Å². The Morgan fingerprint density at radius 2 is 1.90 bits per heavy atom. The third kappa shape index (κ3) is 2.10. The predicted molar refractivity (Wildman–Crippen MR) is 80.3 cm³/mol. The second kappa shape index (κ2) is 5.10. The van der Waals surface area contributed by atoms with Crippen LogP contribution in [0, 0.1) is 12.7 Å². The second-order valence-corrected chi connectivity index (χ2v) is 5.05. The fourth-order valence-electron chi connectivity index (χ4n) is 2.88. The van der Waals surface area contributed by atoms with Gasteiger partial charge in [0.2, 0.25) is 0 Å². The summed E-state index contributed by atoms with van der Waals surface area (Å²) in [6, 6.07) is 15.0. The minimum atomic E-state index is -0.227. The number of rotatable bonds is 3. The highest BCUT2D eigenvalue weighted by Gasteiger charge is 2.19. The van der Waals surface area contributed by atoms with Crippen molar-refractivity contribution in [2.75, 3.05) is 6.54 Å². The Balaban J connectivity index is 2.19. The van der Waals surface area contributed by atoms with Crippen molar-refractivity contribution in [1.29, 1.82) is 0 Å². The normalized spacial score (nSPS) is 12.8. The zero-order valence-corrected chi connectivity index (χ0v) is 11.4. The van der Waals surface area contributed by atoms with Gasteiger partial charge in [0.15, 0.2) is 0 Å². The third-order valence-corrected chi connectivity index (χ3v) is 3.78. The van der Waals surface area contributed by atoms with Crippen molar-refractivity contribution in [2.45, 2.75) is 12.8 Å². The van der Waals surface area contributed by atoms with Crippen molar-refractivity contribution in [3.05, 3.63) is 71.2 Å². The molecule has 20 heavy (non-hydrogen) atoms. The van der Waals surface area contributed by atoms with Crippen LogP contribution in [0.4, 0.5) is 4.39 Å². The van der Waals surface area contributed by atoms with Gasteiger partial charge in [-0.1, -0.05) is 30.3 Å². The summed E-state index contributed by atoms with van der Waals surface area (Å²) in [4.78, 5) is 3.26. The molecule has 1 unspecified atom stereocenters. The SMILES string of the molecule is Cc1[nH]c2cc(F)ccc2c1C(CN)c1ccccc1. The molecule has 0 saturated carbocycles. The fraction of sp³-hybridized carbons (Fsp3) is 0.176. The van der Waals surface area contributed by atoms with Gasteiger partial charge in [-0.05, 0) is 36.2 Å². The average molecular weight is 268 g/mol. The first kappa shape index (κ1) is 12.9. The third-order valence-electron chi connectivity index (χ3n) is 3.78. The highest BCUT2D eigenvalue weighted by Crippen LogP contribution is 2.33. The number of aryl methyl sites for hydroxylation is 1. The smallest absolute Gasteiger partial charge is 0.125 e. The summed E-state index contributed by atoms with van der Waals surface area (Å²) in [5.74, 6) is -0.107. The summed E-state index contributed by atoms with van der Waals surface area (Å²) >= 11 is 0. The van der Waals surface area contributed by atoms with E-state index in [4.69, 9.17) is 5.73 Å². The Hall–Kier alpha value is -2.13. The molecule has 3 heteroatoms. The molecule has 2 aromatic carbocycles. The topological polar surface area (TPSA) is 41.8 Å². The monoisotopic (exact) mass is 268 g/mol. The summed E-state index contributed by atoms with van der Waals surface area (Å²) in [6.07, 6.45) is 0. The maximum atomic E-state index is 13.3. The van der Waals surface area contributed by atoms with E-state index < -0.39 is 0 Å². The van der Waals surface area contributed by atoms with Crippen LogP contribution >= 0.6 is 0 Å². The lowest BCUT2D eigenvalue weighted by atomic mass is 9.89. The molecule has 3 aromatic rings. The van der Waals surface area contributed by atoms with Gasteiger partial charge in [0.05, 0.1) is 0 Å². The molecule has 3 rings (SSSR count). The van der Waals surface area contributed by atoms with E-state index in [9.17, 15) is 4.39 Å². The van der Waals surface area contributed by atoms with Gasteiger partial charge in [0.25, 0.3) is 0 Å². The zero-order chi connectivity index (χ0) is 14.1. The van der Waals surface area contributed by atoms with E-state index in [1.807, 2.05) is 31.2 Å². The molecular formula is C17H17FN2. The van der Waals surface area contributed by atoms with Crippen LogP contribution < -0.4 is 5.73 Å². The summed E-state index contributed by atoms with van der Waals surface area (Å²) in [6.45, 7) is 2.54. The van der Waals surface area contributed by atoms with Gasteiger partial charge in [-0.15, -0.1) is 0 Å². The first-order chi connectivity index (χ1) is 9.70. The van der Waals surface area contributed by atoms with Crippen LogP contribution in [0.1, 0.15) is 22.7 Å². The highest BCUT2D eigenvalue weighted by atomic mass is 19.1. The number of aromatic nitrogens is 1. The molecule has 0 aliphatic heterocycles. The lowest BCUT2D eigenvalue weighted by molar-refractivity contribution is 0.629. The van der Waals surface area contributed by atoms with E-state index in [0.29, 0.717) is 6.54 Å². The maximum absolute atomic E-state index is 13.3. The molecule has 0 aliphatic rings. The molecule has 1 atom stereocenters. The minimum Gasteiger partial charge on any atom is -0.358 e. The number of hydrogen-bond donors (Lipinski definition) is 2. The van der Waals surface area contributed by atoms with Crippen molar-refractivity contribution < 1.29 is 4.39 Å². The van der Waals surface area contributed by atoms with Gasteiger partial charge in [-0.2, -0.15) is 0 Å². The number of benzene rings is 2. The Labute approximate surface area is 117 Å². The van der Waals surface area contributed by atoms with Crippen LogP contribution in [0.25, 0.3) is 10.9 Å². The van der Waals surface area contributed by atoms with Crippen molar-refractivity contribution in [2.24, 2.45) is 5.73 Å². The van der Waals surface area contributed by atoms with E-state index in [2.05, 4.69) is 17.1 Å². The van der Waals surface area contributed by atoms with Crippen molar-refractivity contribution >= 4 is 10.9 Å². The molecule has 0 amide bonds. The number of hydrogen-bond acceptors (Lipinski definition) is 1. The van der Waals surface area contributed by atoms with Crippen LogP contribution in [-0.2, 0) is 0 Å². The molecule has 1 aromatic heterocycles. The summed E-state index contributed by atoms with van der Waals surface area (Å²) in [7, 11) is 0. The molecular weight excluding hydrogens is 251 g/mol. The van der Waals surface area contributed by atoms with Crippen LogP contribution in [0.15, 0.2) is 48.5 Å². The van der Waals surface area contributed by atoms with Crippen LogP contribution in [0.2, 0.25) is 0 Å².